The van der Waals surface area contributed by atoms with Gasteiger partial charge in [-0.25, -0.2) is 0 Å². The fourth-order valence-electron chi connectivity index (χ4n) is 5.34. The molecular weight excluding hydrogens is 546 g/mol. The summed E-state index contributed by atoms with van der Waals surface area (Å²) in [5, 5.41) is 70.9. The Morgan fingerprint density at radius 3 is 1.67 bits per heavy atom. The number of hydrogen-bond donors (Lipinski definition) is 7. The quantitative estimate of drug-likeness (QED) is 0.0802. The van der Waals surface area contributed by atoms with Crippen LogP contribution in [0.4, 0.5) is 0 Å². The molecule has 1 aliphatic heterocycles. The van der Waals surface area contributed by atoms with Crippen molar-refractivity contribution in [3.05, 3.63) is 0 Å². The Morgan fingerprint density at radius 1 is 0.762 bits per heavy atom. The van der Waals surface area contributed by atoms with Crippen LogP contribution in [0.25, 0.3) is 0 Å². The van der Waals surface area contributed by atoms with Gasteiger partial charge in [-0.15, -0.1) is 0 Å². The van der Waals surface area contributed by atoms with E-state index >= 15 is 0 Å². The fourth-order valence-corrected chi connectivity index (χ4v) is 5.34. The summed E-state index contributed by atoms with van der Waals surface area (Å²) < 4.78 is 10.7. The molecule has 1 heterocycles. The van der Waals surface area contributed by atoms with Gasteiger partial charge in [-0.1, -0.05) is 103 Å². The van der Waals surface area contributed by atoms with Crippen molar-refractivity contribution in [3.8, 4) is 0 Å². The van der Waals surface area contributed by atoms with Crippen molar-refractivity contribution < 1.29 is 50.0 Å². The van der Waals surface area contributed by atoms with Gasteiger partial charge >= 0.3 is 0 Å². The summed E-state index contributed by atoms with van der Waals surface area (Å²) in [5.41, 5.74) is 0. The summed E-state index contributed by atoms with van der Waals surface area (Å²) in [7, 11) is 1.51. The van der Waals surface area contributed by atoms with E-state index in [1.807, 2.05) is 0 Å². The van der Waals surface area contributed by atoms with Gasteiger partial charge < -0.3 is 50.1 Å². The molecule has 0 aromatic rings. The Morgan fingerprint density at radius 2 is 1.21 bits per heavy atom. The Kier molecular flexibility index (Phi) is 21.1. The number of rotatable bonds is 24. The first-order valence-corrected chi connectivity index (χ1v) is 16.3. The molecule has 0 radical (unpaired) electrons. The van der Waals surface area contributed by atoms with E-state index in [1.54, 1.807) is 0 Å². The molecule has 0 saturated carbocycles. The lowest BCUT2D eigenvalue weighted by atomic mass is 9.98. The first-order valence-electron chi connectivity index (χ1n) is 16.3. The van der Waals surface area contributed by atoms with Gasteiger partial charge in [0.15, 0.2) is 12.4 Å². The lowest BCUT2D eigenvalue weighted by Gasteiger charge is -2.41. The molecule has 9 atom stereocenters. The average Bonchev–Trinajstić information content (AvgIpc) is 2.99. The second kappa shape index (κ2) is 22.6. The maximum atomic E-state index is 12.8. The van der Waals surface area contributed by atoms with Crippen molar-refractivity contribution in [2.45, 2.75) is 172 Å². The van der Waals surface area contributed by atoms with Gasteiger partial charge in [0, 0.05) is 13.6 Å². The van der Waals surface area contributed by atoms with Gasteiger partial charge in [0.05, 0.1) is 12.7 Å². The molecule has 7 N–H and O–H groups in total. The summed E-state index contributed by atoms with van der Waals surface area (Å²) in [6, 6.07) is 0. The van der Waals surface area contributed by atoms with Gasteiger partial charge in [-0.2, -0.15) is 0 Å². The molecule has 1 saturated heterocycles. The van der Waals surface area contributed by atoms with Gasteiger partial charge in [0.25, 0.3) is 5.91 Å². The van der Waals surface area contributed by atoms with Gasteiger partial charge in [0.1, 0.15) is 36.6 Å². The largest absolute Gasteiger partial charge is 0.394 e. The van der Waals surface area contributed by atoms with E-state index in [0.717, 1.165) is 25.7 Å². The van der Waals surface area contributed by atoms with Crippen LogP contribution in [0, 0.1) is 0 Å². The first-order chi connectivity index (χ1) is 20.1. The summed E-state index contributed by atoms with van der Waals surface area (Å²) in [5.74, 6) is -0.781. The molecule has 0 unspecified atom stereocenters. The highest BCUT2D eigenvalue weighted by atomic mass is 16.7. The standard InChI is InChI=1S/C31H61NO10/c1-4-5-6-7-8-9-10-11-12-13-14-15-16-17-18-19-20-32(3)30(40)27(38)26(37)29(23(34)21-33)42-31-28(39)25(36)24(35)22(2)41-31/h22-29,31,33-39H,4-21H2,1-3H3/t22-,23-,24+,25+,26-,27-,28-,29-,31+/m1/s1. The molecule has 0 aliphatic carbocycles. The molecule has 11 nitrogen and oxygen atoms in total. The number of unbranched alkanes of at least 4 members (excludes halogenated alkanes) is 15. The highest BCUT2D eigenvalue weighted by Crippen LogP contribution is 2.25. The number of aliphatic hydroxyl groups is 7. The number of hydrogen-bond acceptors (Lipinski definition) is 10. The third kappa shape index (κ3) is 14.3. The van der Waals surface area contributed by atoms with Crippen LogP contribution in [0.2, 0.25) is 0 Å². The molecule has 1 rings (SSSR count). The minimum atomic E-state index is -1.98. The molecule has 42 heavy (non-hydrogen) atoms. The van der Waals surface area contributed by atoms with Crippen molar-refractivity contribution in [2.24, 2.45) is 0 Å². The summed E-state index contributed by atoms with van der Waals surface area (Å²) in [4.78, 5) is 14.1. The Balaban J connectivity index is 2.29. The second-order valence-corrected chi connectivity index (χ2v) is 12.0. The van der Waals surface area contributed by atoms with Crippen molar-refractivity contribution in [1.82, 2.24) is 4.90 Å². The molecule has 0 aromatic carbocycles. The highest BCUT2D eigenvalue weighted by molar-refractivity contribution is 5.81. The summed E-state index contributed by atoms with van der Waals surface area (Å²) in [6.45, 7) is 3.18. The molecule has 1 aliphatic rings. The van der Waals surface area contributed by atoms with Crippen molar-refractivity contribution >= 4 is 5.91 Å². The number of nitrogens with zero attached hydrogens (tertiary/aromatic N) is 1. The van der Waals surface area contributed by atoms with Crippen LogP contribution < -0.4 is 0 Å². The minimum absolute atomic E-state index is 0.376. The zero-order chi connectivity index (χ0) is 31.5. The van der Waals surface area contributed by atoms with E-state index in [4.69, 9.17) is 9.47 Å². The van der Waals surface area contributed by atoms with Crippen molar-refractivity contribution in [2.75, 3.05) is 20.2 Å². The van der Waals surface area contributed by atoms with Crippen LogP contribution in [0.15, 0.2) is 0 Å². The van der Waals surface area contributed by atoms with Gasteiger partial charge in [0.2, 0.25) is 0 Å². The van der Waals surface area contributed by atoms with Crippen LogP contribution in [-0.4, -0.2) is 122 Å². The summed E-state index contributed by atoms with van der Waals surface area (Å²) in [6.07, 6.45) is 5.10. The lowest BCUT2D eigenvalue weighted by Crippen LogP contribution is -2.61. The van der Waals surface area contributed by atoms with Crippen LogP contribution in [-0.2, 0) is 14.3 Å². The number of carbonyl (C=O) groups is 1. The molecule has 0 aromatic heterocycles. The van der Waals surface area contributed by atoms with E-state index < -0.39 is 67.6 Å². The SMILES string of the molecule is CCCCCCCCCCCCCCCCCCN(C)C(=O)[C@H](O)[C@@H](O)[C@H](O[C@@H]1O[C@H](C)[C@H](O)[C@H](O)[C@H]1O)[C@H](O)CO. The molecule has 1 amide bonds. The van der Waals surface area contributed by atoms with Crippen LogP contribution in [0.1, 0.15) is 117 Å². The van der Waals surface area contributed by atoms with Crippen molar-refractivity contribution in [3.63, 3.8) is 0 Å². The molecule has 0 bridgehead atoms. The normalized spacial score (nSPS) is 25.6. The Labute approximate surface area is 252 Å². The predicted molar refractivity (Wildman–Crippen MR) is 160 cm³/mol. The van der Waals surface area contributed by atoms with E-state index in [1.165, 1.54) is 95.9 Å². The average molecular weight is 608 g/mol. The summed E-state index contributed by atoms with van der Waals surface area (Å²) >= 11 is 0. The molecule has 250 valence electrons. The van der Waals surface area contributed by atoms with E-state index in [9.17, 15) is 40.5 Å². The Hall–Kier alpha value is -0.890. The third-order valence-electron chi connectivity index (χ3n) is 8.30. The molecule has 0 spiro atoms. The minimum Gasteiger partial charge on any atom is -0.394 e. The predicted octanol–water partition coefficient (Wildman–Crippen LogP) is 1.99. The zero-order valence-corrected chi connectivity index (χ0v) is 26.2. The van der Waals surface area contributed by atoms with Gasteiger partial charge in [-0.05, 0) is 13.3 Å². The third-order valence-corrected chi connectivity index (χ3v) is 8.30. The molecule has 1 fully saturated rings. The smallest absolute Gasteiger partial charge is 0.253 e. The maximum Gasteiger partial charge on any atom is 0.253 e. The topological polar surface area (TPSA) is 180 Å². The monoisotopic (exact) mass is 607 g/mol. The Bertz CT molecular complexity index is 686. The number of ether oxygens (including phenoxy) is 2. The van der Waals surface area contributed by atoms with Crippen LogP contribution in [0.3, 0.4) is 0 Å². The number of likely N-dealkylation sites (N-methyl/N-ethyl adjacent to an activating group) is 1. The van der Waals surface area contributed by atoms with Crippen LogP contribution in [0.5, 0.6) is 0 Å². The number of aliphatic hydroxyl groups excluding tert-OH is 7. The van der Waals surface area contributed by atoms with Gasteiger partial charge in [-0.3, -0.25) is 4.79 Å². The number of carbonyl (C=O) groups excluding carboxylic acids is 1. The second-order valence-electron chi connectivity index (χ2n) is 12.0. The van der Waals surface area contributed by atoms with Crippen molar-refractivity contribution in [1.29, 1.82) is 0 Å². The molecule has 11 heteroatoms. The highest BCUT2D eigenvalue weighted by Gasteiger charge is 2.46. The lowest BCUT2D eigenvalue weighted by molar-refractivity contribution is -0.320. The fraction of sp³-hybridized carbons (Fsp3) is 0.968. The molecular formula is C31H61NO10. The maximum absolute atomic E-state index is 12.8. The van der Waals surface area contributed by atoms with E-state index in [2.05, 4.69) is 6.92 Å². The first kappa shape index (κ1) is 39.1. The number of amides is 1. The van der Waals surface area contributed by atoms with Crippen LogP contribution >= 0.6 is 0 Å². The van der Waals surface area contributed by atoms with E-state index in [-0.39, 0.29) is 0 Å². The van der Waals surface area contributed by atoms with E-state index in [0.29, 0.717) is 6.54 Å². The zero-order valence-electron chi connectivity index (χ0n) is 26.2.